The van der Waals surface area contributed by atoms with Crippen LogP contribution in [-0.4, -0.2) is 24.5 Å². The van der Waals surface area contributed by atoms with E-state index in [4.69, 9.17) is 0 Å². The summed E-state index contributed by atoms with van der Waals surface area (Å²) in [5, 5.41) is 0. The first-order valence-corrected chi connectivity index (χ1v) is 7.96. The highest BCUT2D eigenvalue weighted by molar-refractivity contribution is 9.10. The van der Waals surface area contributed by atoms with E-state index in [0.29, 0.717) is 5.56 Å². The number of hydrogen-bond donors (Lipinski definition) is 0. The van der Waals surface area contributed by atoms with Crippen molar-refractivity contribution >= 4 is 31.6 Å². The minimum Gasteiger partial charge on any atom is -0.357 e. The first kappa shape index (κ1) is 14.0. The fourth-order valence-electron chi connectivity index (χ4n) is 1.65. The lowest BCUT2D eigenvalue weighted by Crippen LogP contribution is -2.16. The Morgan fingerprint density at radius 2 is 1.84 bits per heavy atom. The lowest BCUT2D eigenvalue weighted by Gasteiger charge is -2.03. The molecule has 0 saturated heterocycles. The van der Waals surface area contributed by atoms with Gasteiger partial charge in [0.25, 0.3) is 0 Å². The van der Waals surface area contributed by atoms with Crippen LogP contribution in [0.2, 0.25) is 0 Å². The molecule has 4 nitrogen and oxygen atoms in total. The SMILES string of the molecule is Cn1ccc(C(=O)CS(=O)(=O)c2ccc(Br)cc2)c1. The third-order valence-corrected chi connectivity index (χ3v) is 4.81. The van der Waals surface area contributed by atoms with Crippen LogP contribution in [0.5, 0.6) is 0 Å². The van der Waals surface area contributed by atoms with E-state index in [-0.39, 0.29) is 4.90 Å². The van der Waals surface area contributed by atoms with Gasteiger partial charge < -0.3 is 4.57 Å². The van der Waals surface area contributed by atoms with Gasteiger partial charge in [-0.25, -0.2) is 8.42 Å². The summed E-state index contributed by atoms with van der Waals surface area (Å²) in [5.74, 6) is -0.915. The smallest absolute Gasteiger partial charge is 0.185 e. The number of halogens is 1. The highest BCUT2D eigenvalue weighted by Gasteiger charge is 2.20. The zero-order valence-electron chi connectivity index (χ0n) is 10.2. The second-order valence-corrected chi connectivity index (χ2v) is 7.11. The lowest BCUT2D eigenvalue weighted by atomic mass is 10.2. The van der Waals surface area contributed by atoms with Crippen LogP contribution >= 0.6 is 15.9 Å². The summed E-state index contributed by atoms with van der Waals surface area (Å²) in [7, 11) is -1.82. The van der Waals surface area contributed by atoms with Crippen LogP contribution in [-0.2, 0) is 16.9 Å². The first-order valence-electron chi connectivity index (χ1n) is 5.52. The first-order chi connectivity index (χ1) is 8.88. The largest absolute Gasteiger partial charge is 0.357 e. The van der Waals surface area contributed by atoms with E-state index < -0.39 is 21.4 Å². The van der Waals surface area contributed by atoms with Crippen molar-refractivity contribution in [1.82, 2.24) is 4.57 Å². The summed E-state index contributed by atoms with van der Waals surface area (Å²) >= 11 is 3.24. The molecule has 0 unspecified atom stereocenters. The highest BCUT2D eigenvalue weighted by atomic mass is 79.9. The minimum absolute atomic E-state index is 0.153. The van der Waals surface area contributed by atoms with Crippen molar-refractivity contribution in [2.75, 3.05) is 5.75 Å². The molecule has 2 rings (SSSR count). The predicted octanol–water partition coefficient (Wildman–Crippen LogP) is 2.44. The Labute approximate surface area is 120 Å². The van der Waals surface area contributed by atoms with Gasteiger partial charge in [-0.15, -0.1) is 0 Å². The van der Waals surface area contributed by atoms with Crippen LogP contribution in [0.1, 0.15) is 10.4 Å². The van der Waals surface area contributed by atoms with Crippen molar-refractivity contribution in [3.8, 4) is 0 Å². The van der Waals surface area contributed by atoms with E-state index in [1.165, 1.54) is 12.1 Å². The summed E-state index contributed by atoms with van der Waals surface area (Å²) in [6.45, 7) is 0. The maximum atomic E-state index is 12.1. The van der Waals surface area contributed by atoms with Crippen LogP contribution in [0.4, 0.5) is 0 Å². The Morgan fingerprint density at radius 3 is 2.37 bits per heavy atom. The van der Waals surface area contributed by atoms with Gasteiger partial charge >= 0.3 is 0 Å². The molecule has 0 aliphatic carbocycles. The molecular weight excluding hydrogens is 330 g/mol. The van der Waals surface area contributed by atoms with Crippen molar-refractivity contribution < 1.29 is 13.2 Å². The van der Waals surface area contributed by atoms with Crippen molar-refractivity contribution in [3.63, 3.8) is 0 Å². The molecule has 100 valence electrons. The standard InChI is InChI=1S/C13H12BrNO3S/c1-15-7-6-10(8-15)13(16)9-19(17,18)12-4-2-11(14)3-5-12/h2-8H,9H2,1H3. The van der Waals surface area contributed by atoms with E-state index in [2.05, 4.69) is 15.9 Å². The molecule has 0 N–H and O–H groups in total. The summed E-state index contributed by atoms with van der Waals surface area (Å²) in [5.41, 5.74) is 0.406. The fraction of sp³-hybridized carbons (Fsp3) is 0.154. The number of aromatic nitrogens is 1. The number of carbonyl (C=O) groups is 1. The molecule has 2 aromatic rings. The Bertz CT molecular complexity index is 702. The molecule has 0 saturated carbocycles. The van der Waals surface area contributed by atoms with Gasteiger partial charge in [0.15, 0.2) is 15.6 Å². The normalized spacial score (nSPS) is 11.5. The number of sulfone groups is 1. The average molecular weight is 342 g/mol. The van der Waals surface area contributed by atoms with Gasteiger partial charge in [0, 0.05) is 29.5 Å². The zero-order valence-corrected chi connectivity index (χ0v) is 12.6. The Kier molecular flexibility index (Phi) is 3.91. The van der Waals surface area contributed by atoms with Crippen LogP contribution in [0.25, 0.3) is 0 Å². The second kappa shape index (κ2) is 5.30. The molecule has 0 spiro atoms. The van der Waals surface area contributed by atoms with Crippen molar-refractivity contribution in [2.24, 2.45) is 7.05 Å². The van der Waals surface area contributed by atoms with Crippen molar-refractivity contribution in [1.29, 1.82) is 0 Å². The van der Waals surface area contributed by atoms with Gasteiger partial charge in [0.1, 0.15) is 5.75 Å². The summed E-state index contributed by atoms with van der Waals surface area (Å²) in [4.78, 5) is 12.1. The lowest BCUT2D eigenvalue weighted by molar-refractivity contribution is 0.102. The van der Waals surface area contributed by atoms with Crippen molar-refractivity contribution in [2.45, 2.75) is 4.90 Å². The summed E-state index contributed by atoms with van der Waals surface area (Å²) in [6.07, 6.45) is 3.32. The Hall–Kier alpha value is -1.40. The van der Waals surface area contributed by atoms with E-state index >= 15 is 0 Å². The molecular formula is C13H12BrNO3S. The third-order valence-electron chi connectivity index (χ3n) is 2.65. The number of aryl methyl sites for hydroxylation is 1. The number of carbonyl (C=O) groups excluding carboxylic acids is 1. The van der Waals surface area contributed by atoms with Gasteiger partial charge in [0.2, 0.25) is 0 Å². The molecule has 6 heteroatoms. The topological polar surface area (TPSA) is 56.1 Å². The third kappa shape index (κ3) is 3.33. The average Bonchev–Trinajstić information content (AvgIpc) is 2.76. The second-order valence-electron chi connectivity index (χ2n) is 4.20. The van der Waals surface area contributed by atoms with E-state index in [1.54, 1.807) is 42.2 Å². The van der Waals surface area contributed by atoms with E-state index in [0.717, 1.165) is 4.47 Å². The number of Topliss-reactive ketones (excluding diaryl/α,β-unsaturated/α-hetero) is 1. The zero-order chi connectivity index (χ0) is 14.0. The molecule has 0 bridgehead atoms. The highest BCUT2D eigenvalue weighted by Crippen LogP contribution is 2.17. The van der Waals surface area contributed by atoms with E-state index in [9.17, 15) is 13.2 Å². The number of ketones is 1. The molecule has 0 fully saturated rings. The van der Waals surface area contributed by atoms with Gasteiger partial charge in [-0.2, -0.15) is 0 Å². The van der Waals surface area contributed by atoms with Gasteiger partial charge in [-0.3, -0.25) is 4.79 Å². The maximum absolute atomic E-state index is 12.1. The number of nitrogens with zero attached hydrogens (tertiary/aromatic N) is 1. The fourth-order valence-corrected chi connectivity index (χ4v) is 3.14. The Balaban J connectivity index is 2.22. The molecule has 0 aliphatic heterocycles. The summed E-state index contributed by atoms with van der Waals surface area (Å²) < 4.78 is 26.7. The molecule has 1 aromatic heterocycles. The molecule has 0 aliphatic rings. The van der Waals surface area contributed by atoms with Crippen molar-refractivity contribution in [3.05, 3.63) is 52.8 Å². The molecule has 1 aromatic carbocycles. The number of benzene rings is 1. The molecule has 1 heterocycles. The van der Waals surface area contributed by atoms with Crippen LogP contribution in [0.3, 0.4) is 0 Å². The number of rotatable bonds is 4. The van der Waals surface area contributed by atoms with Gasteiger partial charge in [-0.05, 0) is 30.3 Å². The van der Waals surface area contributed by atoms with Crippen LogP contribution in [0, 0.1) is 0 Å². The number of hydrogen-bond acceptors (Lipinski definition) is 3. The van der Waals surface area contributed by atoms with Gasteiger partial charge in [-0.1, -0.05) is 15.9 Å². The van der Waals surface area contributed by atoms with Crippen LogP contribution < -0.4 is 0 Å². The summed E-state index contributed by atoms with van der Waals surface area (Å²) in [6, 6.07) is 7.86. The van der Waals surface area contributed by atoms with E-state index in [1.807, 2.05) is 0 Å². The van der Waals surface area contributed by atoms with Crippen LogP contribution in [0.15, 0.2) is 52.1 Å². The minimum atomic E-state index is -3.59. The maximum Gasteiger partial charge on any atom is 0.185 e. The monoisotopic (exact) mass is 341 g/mol. The molecule has 0 atom stereocenters. The quantitative estimate of drug-likeness (QED) is 0.802. The molecule has 0 radical (unpaired) electrons. The van der Waals surface area contributed by atoms with Gasteiger partial charge in [0.05, 0.1) is 4.90 Å². The molecule has 19 heavy (non-hydrogen) atoms. The molecule has 0 amide bonds. The predicted molar refractivity (Wildman–Crippen MR) is 75.9 cm³/mol. The Morgan fingerprint density at radius 1 is 1.21 bits per heavy atom.